The van der Waals surface area contributed by atoms with Gasteiger partial charge in [0, 0.05) is 0 Å². The van der Waals surface area contributed by atoms with Gasteiger partial charge in [-0.15, -0.1) is 0 Å². The molecule has 0 aromatic carbocycles. The van der Waals surface area contributed by atoms with Gasteiger partial charge in [0.05, 0.1) is 0 Å². The van der Waals surface area contributed by atoms with Gasteiger partial charge in [0.25, 0.3) is 0 Å². The molecule has 0 aromatic heterocycles. The summed E-state index contributed by atoms with van der Waals surface area (Å²) in [7, 11) is 0. The average molecular weight is 492 g/mol. The van der Waals surface area contributed by atoms with E-state index < -0.39 is 9.60 Å². The topological polar surface area (TPSA) is 37.3 Å². The van der Waals surface area contributed by atoms with E-state index in [2.05, 4.69) is 40.1 Å². The summed E-state index contributed by atoms with van der Waals surface area (Å²) in [6.07, 6.45) is 20.7. The Balaban J connectivity index is 3.29. The summed E-state index contributed by atoms with van der Waals surface area (Å²) in [6, 6.07) is 0. The van der Waals surface area contributed by atoms with E-state index in [-0.39, 0.29) is 0 Å². The van der Waals surface area contributed by atoms with Crippen molar-refractivity contribution in [3.05, 3.63) is 12.2 Å². The number of aliphatic carboxylic acids is 1. The minimum atomic E-state index is -0.700. The van der Waals surface area contributed by atoms with Crippen LogP contribution in [-0.2, 0) is 25.9 Å². The van der Waals surface area contributed by atoms with Crippen LogP contribution in [0.15, 0.2) is 12.2 Å². The zero-order valence-electron chi connectivity index (χ0n) is 14.5. The van der Waals surface area contributed by atoms with Gasteiger partial charge in [-0.3, -0.25) is 0 Å². The van der Waals surface area contributed by atoms with E-state index >= 15 is 0 Å². The van der Waals surface area contributed by atoms with Gasteiger partial charge >= 0.3 is 117 Å². The summed E-state index contributed by atoms with van der Waals surface area (Å²) >= 11 is 2.25. The van der Waals surface area contributed by atoms with Crippen molar-refractivity contribution in [1.29, 1.82) is 0 Å². The maximum absolute atomic E-state index is 11.0. The molecule has 0 bridgehead atoms. The Hall–Kier alpha value is -0.0497. The molecule has 0 fully saturated rings. The molecule has 0 aliphatic heterocycles. The van der Waals surface area contributed by atoms with Crippen LogP contribution < -0.4 is 0 Å². The van der Waals surface area contributed by atoms with E-state index in [0.717, 1.165) is 19.3 Å². The number of hydrogen-bond acceptors (Lipinski definition) is 1. The Labute approximate surface area is 150 Å². The molecule has 134 valence electrons. The molecule has 22 heavy (non-hydrogen) atoms. The van der Waals surface area contributed by atoms with Crippen molar-refractivity contribution in [1.82, 2.24) is 0 Å². The molecule has 1 N–H and O–H groups in total. The van der Waals surface area contributed by atoms with Crippen LogP contribution in [0.25, 0.3) is 0 Å². The Morgan fingerprint density at radius 1 is 0.909 bits per heavy atom. The second-order valence-corrected chi connectivity index (χ2v) is 8.79. The number of carboxylic acid groups (broad SMARTS) is 1. The van der Waals surface area contributed by atoms with Crippen LogP contribution in [0.5, 0.6) is 0 Å². The Bertz CT molecular complexity index is 298. The quantitative estimate of drug-likeness (QED) is 0.162. The Morgan fingerprint density at radius 3 is 1.86 bits per heavy atom. The second kappa shape index (κ2) is 14.5. The predicted octanol–water partition coefficient (Wildman–Crippen LogP) is 6.44. The molecule has 0 heterocycles. The zero-order chi connectivity index (χ0) is 16.7. The van der Waals surface area contributed by atoms with Crippen molar-refractivity contribution in [2.45, 2.75) is 101 Å². The number of rotatable bonds is 15. The molecule has 1 unspecified atom stereocenters. The van der Waals surface area contributed by atoms with Crippen molar-refractivity contribution < 1.29 is 31.0 Å². The van der Waals surface area contributed by atoms with Crippen LogP contribution >= 0.6 is 0 Å². The fourth-order valence-electron chi connectivity index (χ4n) is 2.44. The van der Waals surface area contributed by atoms with E-state index in [1.165, 1.54) is 64.2 Å². The summed E-state index contributed by atoms with van der Waals surface area (Å²) in [5.74, 6) is -0.700. The normalized spacial score (nSPS) is 14.4. The Morgan fingerprint density at radius 2 is 1.36 bits per heavy atom. The van der Waals surface area contributed by atoms with Crippen LogP contribution in [0.1, 0.15) is 97.3 Å². The number of carboxylic acids is 1. The van der Waals surface area contributed by atoms with Crippen LogP contribution in [0, 0.1) is 0 Å². The number of unbranched alkanes of at least 4 members (excludes halogenated alkanes) is 10. The van der Waals surface area contributed by atoms with Gasteiger partial charge < -0.3 is 0 Å². The van der Waals surface area contributed by atoms with Crippen LogP contribution in [0.4, 0.5) is 0 Å². The molecule has 0 saturated carbocycles. The Kier molecular flexibility index (Phi) is 14.5. The van der Waals surface area contributed by atoms with Crippen LogP contribution in [-0.4, -0.2) is 11.1 Å². The summed E-state index contributed by atoms with van der Waals surface area (Å²) in [5.41, 5.74) is 0. The first-order chi connectivity index (χ1) is 10.5. The summed E-state index contributed by atoms with van der Waals surface area (Å²) < 4.78 is -0.614. The summed E-state index contributed by atoms with van der Waals surface area (Å²) in [4.78, 5) is 11.0. The van der Waals surface area contributed by atoms with Gasteiger partial charge in [-0.25, -0.2) is 0 Å². The third-order valence-electron chi connectivity index (χ3n) is 4.07. The van der Waals surface area contributed by atoms with Crippen molar-refractivity contribution in [3.63, 3.8) is 0 Å². The molecule has 0 aromatic rings. The molecule has 0 radical (unpaired) electrons. The summed E-state index contributed by atoms with van der Waals surface area (Å²) in [5, 5.41) is 9.02. The SMILES string of the molecule is CCCCCCCCC=CCCCCCC[C](C)([Au])C(=O)O. The first kappa shape index (κ1) is 22.0. The zero-order valence-corrected chi connectivity index (χ0v) is 16.7. The van der Waals surface area contributed by atoms with Crippen molar-refractivity contribution in [2.24, 2.45) is 0 Å². The third-order valence-corrected chi connectivity index (χ3v) is 5.07. The second-order valence-electron chi connectivity index (χ2n) is 6.40. The first-order valence-corrected chi connectivity index (χ1v) is 10.1. The standard InChI is InChI=1S/C19H35O2.Au/c1-3-4-5-6-7-8-9-10-11-12-13-14-15-16-17-18(2)19(20)21;/h10-11H,3-9,12-17H2,1-2H3,(H,20,21);. The molecule has 0 aliphatic carbocycles. The first-order valence-electron chi connectivity index (χ1n) is 9.04. The van der Waals surface area contributed by atoms with Gasteiger partial charge in [0.15, 0.2) is 0 Å². The fourth-order valence-corrected chi connectivity index (χ4v) is 2.83. The van der Waals surface area contributed by atoms with E-state index in [1.807, 2.05) is 0 Å². The summed E-state index contributed by atoms with van der Waals surface area (Å²) in [6.45, 7) is 4.05. The molecule has 2 nitrogen and oxygen atoms in total. The van der Waals surface area contributed by atoms with Crippen molar-refractivity contribution in [2.75, 3.05) is 0 Å². The fraction of sp³-hybridized carbons (Fsp3) is 0.842. The van der Waals surface area contributed by atoms with Gasteiger partial charge in [0.1, 0.15) is 0 Å². The molecular formula is C19H35AuO2. The molecule has 0 amide bonds. The van der Waals surface area contributed by atoms with Crippen molar-refractivity contribution >= 4 is 5.97 Å². The predicted molar refractivity (Wildman–Crippen MR) is 90.8 cm³/mol. The maximum atomic E-state index is 11.0. The van der Waals surface area contributed by atoms with Crippen LogP contribution in [0.2, 0.25) is 3.63 Å². The monoisotopic (exact) mass is 492 g/mol. The molecule has 0 spiro atoms. The van der Waals surface area contributed by atoms with Gasteiger partial charge in [-0.05, 0) is 0 Å². The molecule has 0 rings (SSSR count). The molecule has 0 aliphatic rings. The van der Waals surface area contributed by atoms with Crippen LogP contribution in [0.3, 0.4) is 0 Å². The number of carbonyl (C=O) groups is 1. The van der Waals surface area contributed by atoms with Gasteiger partial charge in [0.2, 0.25) is 0 Å². The van der Waals surface area contributed by atoms with E-state index in [9.17, 15) is 4.79 Å². The molecule has 3 heteroatoms. The minimum absolute atomic E-state index is 0.614. The third kappa shape index (κ3) is 13.6. The van der Waals surface area contributed by atoms with E-state index in [1.54, 1.807) is 6.92 Å². The molecule has 1 atom stereocenters. The van der Waals surface area contributed by atoms with Gasteiger partial charge in [-0.1, -0.05) is 32.6 Å². The van der Waals surface area contributed by atoms with E-state index in [0.29, 0.717) is 0 Å². The molecule has 0 saturated heterocycles. The molecular weight excluding hydrogens is 457 g/mol. The van der Waals surface area contributed by atoms with Crippen molar-refractivity contribution in [3.8, 4) is 0 Å². The average Bonchev–Trinajstić information content (AvgIpc) is 2.47. The van der Waals surface area contributed by atoms with Gasteiger partial charge in [-0.2, -0.15) is 0 Å². The number of hydrogen-bond donors (Lipinski definition) is 1. The van der Waals surface area contributed by atoms with E-state index in [4.69, 9.17) is 5.11 Å². The number of allylic oxidation sites excluding steroid dienone is 2.